The third-order valence-electron chi connectivity index (χ3n) is 1.74. The number of hydrogen-bond donors (Lipinski definition) is 1. The Morgan fingerprint density at radius 2 is 2.13 bits per heavy atom. The molecule has 1 aromatic rings. The number of carbonyl (C=O) groups is 1. The third-order valence-corrected chi connectivity index (χ3v) is 2.01. The molecule has 0 aromatic heterocycles. The van der Waals surface area contributed by atoms with Crippen molar-refractivity contribution in [2.75, 3.05) is 11.2 Å². The van der Waals surface area contributed by atoms with Gasteiger partial charge < -0.3 is 5.32 Å². The quantitative estimate of drug-likeness (QED) is 0.796. The predicted molar refractivity (Wildman–Crippen MR) is 54.9 cm³/mol. The summed E-state index contributed by atoms with van der Waals surface area (Å²) >= 11 is 5.39. The van der Waals surface area contributed by atoms with E-state index in [9.17, 15) is 13.6 Å². The number of amides is 1. The van der Waals surface area contributed by atoms with Crippen LogP contribution in [0.2, 0.25) is 0 Å². The van der Waals surface area contributed by atoms with Crippen LogP contribution in [0.4, 0.5) is 14.5 Å². The van der Waals surface area contributed by atoms with Crippen LogP contribution in [0.1, 0.15) is 12.8 Å². The number of carbonyl (C=O) groups excluding carboxylic acids is 1. The molecule has 0 spiro atoms. The Balaban J connectivity index is 2.63. The largest absolute Gasteiger partial charge is 0.324 e. The van der Waals surface area contributed by atoms with Crippen LogP contribution in [0.15, 0.2) is 18.2 Å². The summed E-state index contributed by atoms with van der Waals surface area (Å²) in [5, 5.41) is 2.27. The van der Waals surface area contributed by atoms with Gasteiger partial charge in [0.05, 0.1) is 5.69 Å². The molecule has 1 rings (SSSR count). The number of benzene rings is 1. The fraction of sp³-hybridized carbons (Fsp3) is 0.300. The summed E-state index contributed by atoms with van der Waals surface area (Å²) in [7, 11) is 0. The number of hydrogen-bond acceptors (Lipinski definition) is 1. The van der Waals surface area contributed by atoms with Crippen molar-refractivity contribution in [3.05, 3.63) is 29.8 Å². The highest BCUT2D eigenvalue weighted by Gasteiger charge is 2.07. The van der Waals surface area contributed by atoms with E-state index in [1.165, 1.54) is 0 Å². The van der Waals surface area contributed by atoms with Crippen molar-refractivity contribution in [1.29, 1.82) is 0 Å². The molecule has 0 atom stereocenters. The highest BCUT2D eigenvalue weighted by molar-refractivity contribution is 6.18. The van der Waals surface area contributed by atoms with E-state index >= 15 is 0 Å². The summed E-state index contributed by atoms with van der Waals surface area (Å²) in [6.45, 7) is 0. The lowest BCUT2D eigenvalue weighted by Gasteiger charge is -2.05. The first kappa shape index (κ1) is 11.9. The molecule has 0 saturated carbocycles. The van der Waals surface area contributed by atoms with Crippen molar-refractivity contribution in [2.24, 2.45) is 0 Å². The van der Waals surface area contributed by atoms with Crippen molar-refractivity contribution in [3.63, 3.8) is 0 Å². The molecular weight excluding hydrogens is 224 g/mol. The summed E-state index contributed by atoms with van der Waals surface area (Å²) in [5.41, 5.74) is -0.144. The Kier molecular flexibility index (Phi) is 4.49. The first-order chi connectivity index (χ1) is 7.13. The molecule has 1 N–H and O–H groups in total. The maximum Gasteiger partial charge on any atom is 0.224 e. The van der Waals surface area contributed by atoms with Gasteiger partial charge in [-0.15, -0.1) is 11.6 Å². The molecule has 0 aliphatic heterocycles. The van der Waals surface area contributed by atoms with Crippen LogP contribution < -0.4 is 5.32 Å². The molecular formula is C10H10ClF2NO. The molecule has 0 fully saturated rings. The van der Waals surface area contributed by atoms with Gasteiger partial charge in [-0.3, -0.25) is 4.79 Å². The summed E-state index contributed by atoms with van der Waals surface area (Å²) in [4.78, 5) is 11.2. The minimum absolute atomic E-state index is 0.144. The average Bonchev–Trinajstić information content (AvgIpc) is 2.20. The minimum atomic E-state index is -0.657. The van der Waals surface area contributed by atoms with E-state index in [1.807, 2.05) is 0 Å². The van der Waals surface area contributed by atoms with E-state index in [4.69, 9.17) is 11.6 Å². The van der Waals surface area contributed by atoms with E-state index < -0.39 is 11.6 Å². The Labute approximate surface area is 91.2 Å². The standard InChI is InChI=1S/C10H10ClF2NO/c11-5-1-2-10(15)14-9-6-7(12)3-4-8(9)13/h3-4,6H,1-2,5H2,(H,14,15). The molecule has 0 bridgehead atoms. The van der Waals surface area contributed by atoms with Gasteiger partial charge in [0.15, 0.2) is 0 Å². The fourth-order valence-electron chi connectivity index (χ4n) is 1.03. The molecule has 0 unspecified atom stereocenters. The van der Waals surface area contributed by atoms with Crippen LogP contribution in [0.5, 0.6) is 0 Å². The van der Waals surface area contributed by atoms with Crippen molar-refractivity contribution < 1.29 is 13.6 Å². The minimum Gasteiger partial charge on any atom is -0.324 e. The highest BCUT2D eigenvalue weighted by Crippen LogP contribution is 2.15. The zero-order chi connectivity index (χ0) is 11.3. The van der Waals surface area contributed by atoms with Crippen LogP contribution in [-0.2, 0) is 4.79 Å². The fourth-order valence-corrected chi connectivity index (χ4v) is 1.17. The van der Waals surface area contributed by atoms with Crippen LogP contribution in [0.3, 0.4) is 0 Å². The second-order valence-electron chi connectivity index (χ2n) is 2.96. The smallest absolute Gasteiger partial charge is 0.224 e. The SMILES string of the molecule is O=C(CCCCl)Nc1cc(F)ccc1F. The Hall–Kier alpha value is -1.16. The molecule has 5 heteroatoms. The van der Waals surface area contributed by atoms with Gasteiger partial charge in [-0.2, -0.15) is 0 Å². The van der Waals surface area contributed by atoms with Crippen LogP contribution in [0.25, 0.3) is 0 Å². The topological polar surface area (TPSA) is 29.1 Å². The molecule has 0 aliphatic carbocycles. The summed E-state index contributed by atoms with van der Waals surface area (Å²) in [5.74, 6) is -1.26. The average molecular weight is 234 g/mol. The molecule has 15 heavy (non-hydrogen) atoms. The van der Waals surface area contributed by atoms with Crippen molar-refractivity contribution in [3.8, 4) is 0 Å². The molecule has 0 aliphatic rings. The lowest BCUT2D eigenvalue weighted by atomic mass is 10.2. The zero-order valence-corrected chi connectivity index (χ0v) is 8.65. The maximum atomic E-state index is 13.0. The van der Waals surface area contributed by atoms with E-state index in [1.54, 1.807) is 0 Å². The van der Waals surface area contributed by atoms with Crippen molar-refractivity contribution in [2.45, 2.75) is 12.8 Å². The molecule has 1 aromatic carbocycles. The number of halogens is 3. The van der Waals surface area contributed by atoms with Crippen LogP contribution >= 0.6 is 11.6 Å². The van der Waals surface area contributed by atoms with E-state index in [2.05, 4.69) is 5.32 Å². The number of anilines is 1. The number of alkyl halides is 1. The van der Waals surface area contributed by atoms with Crippen molar-refractivity contribution in [1.82, 2.24) is 0 Å². The van der Waals surface area contributed by atoms with E-state index in [0.717, 1.165) is 18.2 Å². The lowest BCUT2D eigenvalue weighted by Crippen LogP contribution is -2.12. The maximum absolute atomic E-state index is 13.0. The van der Waals surface area contributed by atoms with Gasteiger partial charge in [-0.05, 0) is 18.6 Å². The Morgan fingerprint density at radius 3 is 2.80 bits per heavy atom. The lowest BCUT2D eigenvalue weighted by molar-refractivity contribution is -0.116. The highest BCUT2D eigenvalue weighted by atomic mass is 35.5. The first-order valence-electron chi connectivity index (χ1n) is 4.44. The number of nitrogens with one attached hydrogen (secondary N) is 1. The van der Waals surface area contributed by atoms with Crippen LogP contribution in [0, 0.1) is 11.6 Å². The Morgan fingerprint density at radius 1 is 1.40 bits per heavy atom. The molecule has 0 radical (unpaired) electrons. The first-order valence-corrected chi connectivity index (χ1v) is 4.98. The van der Waals surface area contributed by atoms with Gasteiger partial charge in [-0.25, -0.2) is 8.78 Å². The normalized spacial score (nSPS) is 10.1. The van der Waals surface area contributed by atoms with Gasteiger partial charge >= 0.3 is 0 Å². The summed E-state index contributed by atoms with van der Waals surface area (Å²) < 4.78 is 25.8. The summed E-state index contributed by atoms with van der Waals surface area (Å²) in [6, 6.07) is 2.89. The van der Waals surface area contributed by atoms with Gasteiger partial charge in [0.25, 0.3) is 0 Å². The van der Waals surface area contributed by atoms with E-state index in [-0.39, 0.29) is 18.0 Å². The zero-order valence-electron chi connectivity index (χ0n) is 7.90. The monoisotopic (exact) mass is 233 g/mol. The van der Waals surface area contributed by atoms with Gasteiger partial charge in [0.1, 0.15) is 11.6 Å². The molecule has 82 valence electrons. The number of rotatable bonds is 4. The van der Waals surface area contributed by atoms with E-state index in [0.29, 0.717) is 12.3 Å². The molecule has 1 amide bonds. The van der Waals surface area contributed by atoms with Gasteiger partial charge in [-0.1, -0.05) is 0 Å². The molecule has 2 nitrogen and oxygen atoms in total. The third kappa shape index (κ3) is 3.83. The van der Waals surface area contributed by atoms with Gasteiger partial charge in [0, 0.05) is 18.4 Å². The van der Waals surface area contributed by atoms with Crippen molar-refractivity contribution >= 4 is 23.2 Å². The Bertz CT molecular complexity index is 357. The predicted octanol–water partition coefficient (Wildman–Crippen LogP) is 2.92. The molecule has 0 heterocycles. The molecule has 0 saturated heterocycles. The van der Waals surface area contributed by atoms with Gasteiger partial charge in [0.2, 0.25) is 5.91 Å². The second-order valence-corrected chi connectivity index (χ2v) is 3.34. The van der Waals surface area contributed by atoms with Crippen LogP contribution in [-0.4, -0.2) is 11.8 Å². The second kappa shape index (κ2) is 5.66. The summed E-state index contributed by atoms with van der Waals surface area (Å²) in [6.07, 6.45) is 0.698.